The van der Waals surface area contributed by atoms with Crippen molar-refractivity contribution in [2.75, 3.05) is 6.54 Å². The molecule has 0 amide bonds. The van der Waals surface area contributed by atoms with Crippen LogP contribution in [0.15, 0.2) is 15.9 Å². The van der Waals surface area contributed by atoms with Crippen LogP contribution < -0.4 is 5.32 Å². The second-order valence-electron chi connectivity index (χ2n) is 5.55. The lowest BCUT2D eigenvalue weighted by Gasteiger charge is -2.20. The van der Waals surface area contributed by atoms with Gasteiger partial charge in [-0.05, 0) is 74.6 Å². The lowest BCUT2D eigenvalue weighted by molar-refractivity contribution is 0.416. The summed E-state index contributed by atoms with van der Waals surface area (Å²) in [6, 6.07) is 4.38. The van der Waals surface area contributed by atoms with Crippen LogP contribution in [0.3, 0.4) is 0 Å². The molecule has 0 bridgehead atoms. The predicted molar refractivity (Wildman–Crippen MR) is 81.9 cm³/mol. The molecule has 0 saturated carbocycles. The molecule has 3 heteroatoms. The average Bonchev–Trinajstić information content (AvgIpc) is 2.61. The van der Waals surface area contributed by atoms with E-state index in [9.17, 15) is 0 Å². The number of rotatable bonds is 7. The molecule has 1 aromatic rings. The van der Waals surface area contributed by atoms with Gasteiger partial charge in [0.1, 0.15) is 0 Å². The molecule has 1 aromatic heterocycles. The highest BCUT2D eigenvalue weighted by Crippen LogP contribution is 2.23. The van der Waals surface area contributed by atoms with Crippen LogP contribution in [0, 0.1) is 0 Å². The van der Waals surface area contributed by atoms with Gasteiger partial charge in [0.15, 0.2) is 0 Å². The summed E-state index contributed by atoms with van der Waals surface area (Å²) in [5.41, 5.74) is 0.267. The van der Waals surface area contributed by atoms with Crippen molar-refractivity contribution >= 4 is 27.3 Å². The second kappa shape index (κ2) is 7.55. The quantitative estimate of drug-likeness (QED) is 0.698. The van der Waals surface area contributed by atoms with Crippen LogP contribution in [0.25, 0.3) is 0 Å². The monoisotopic (exact) mass is 317 g/mol. The predicted octanol–water partition coefficient (Wildman–Crippen LogP) is 5.00. The standard InChI is InChI=1S/C14H24BrNS/c1-14(2,3)16-11-7-5-4-6-8-12-9-10-13(15)17-12/h9-10,16H,4-8,11H2,1-3H3. The number of thiophene rings is 1. The lowest BCUT2D eigenvalue weighted by atomic mass is 10.1. The summed E-state index contributed by atoms with van der Waals surface area (Å²) < 4.78 is 1.25. The lowest BCUT2D eigenvalue weighted by Crippen LogP contribution is -2.36. The third-order valence-electron chi connectivity index (χ3n) is 2.63. The maximum absolute atomic E-state index is 3.53. The molecule has 0 aliphatic rings. The molecule has 0 fully saturated rings. The van der Waals surface area contributed by atoms with Crippen LogP contribution >= 0.6 is 27.3 Å². The topological polar surface area (TPSA) is 12.0 Å². The van der Waals surface area contributed by atoms with Gasteiger partial charge in [-0.15, -0.1) is 11.3 Å². The summed E-state index contributed by atoms with van der Waals surface area (Å²) in [6.45, 7) is 7.82. The Labute approximate surface area is 118 Å². The third kappa shape index (κ3) is 7.96. The Kier molecular flexibility index (Phi) is 6.75. The van der Waals surface area contributed by atoms with E-state index in [1.54, 1.807) is 0 Å². The Morgan fingerprint density at radius 3 is 2.41 bits per heavy atom. The Hall–Kier alpha value is 0.140. The van der Waals surface area contributed by atoms with Gasteiger partial charge in [-0.3, -0.25) is 0 Å². The fourth-order valence-corrected chi connectivity index (χ4v) is 3.25. The van der Waals surface area contributed by atoms with Crippen LogP contribution in [0.4, 0.5) is 0 Å². The summed E-state index contributed by atoms with van der Waals surface area (Å²) >= 11 is 5.37. The zero-order valence-electron chi connectivity index (χ0n) is 11.2. The van der Waals surface area contributed by atoms with Crippen molar-refractivity contribution in [3.63, 3.8) is 0 Å². The van der Waals surface area contributed by atoms with E-state index in [0.29, 0.717) is 0 Å². The van der Waals surface area contributed by atoms with E-state index in [1.165, 1.54) is 40.8 Å². The molecule has 0 atom stereocenters. The van der Waals surface area contributed by atoms with E-state index in [-0.39, 0.29) is 5.54 Å². The molecule has 0 radical (unpaired) electrons. The van der Waals surface area contributed by atoms with E-state index < -0.39 is 0 Å². The summed E-state index contributed by atoms with van der Waals surface area (Å²) in [4.78, 5) is 1.50. The van der Waals surface area contributed by atoms with Gasteiger partial charge in [0, 0.05) is 10.4 Å². The number of hydrogen-bond donors (Lipinski definition) is 1. The Bertz CT molecular complexity index is 314. The molecule has 98 valence electrons. The van der Waals surface area contributed by atoms with Crippen molar-refractivity contribution in [3.8, 4) is 0 Å². The highest BCUT2D eigenvalue weighted by atomic mass is 79.9. The first-order valence-electron chi connectivity index (χ1n) is 6.47. The molecule has 1 nitrogen and oxygen atoms in total. The Morgan fingerprint density at radius 2 is 1.82 bits per heavy atom. The first-order chi connectivity index (χ1) is 7.97. The van der Waals surface area contributed by atoms with Crippen LogP contribution in [-0.2, 0) is 6.42 Å². The van der Waals surface area contributed by atoms with Crippen molar-refractivity contribution in [1.82, 2.24) is 5.32 Å². The molecule has 0 unspecified atom stereocenters. The fourth-order valence-electron chi connectivity index (χ4n) is 1.73. The van der Waals surface area contributed by atoms with E-state index in [4.69, 9.17) is 0 Å². The summed E-state index contributed by atoms with van der Waals surface area (Å²) in [5.74, 6) is 0. The molecule has 0 aliphatic carbocycles. The highest BCUT2D eigenvalue weighted by molar-refractivity contribution is 9.11. The van der Waals surface area contributed by atoms with E-state index in [2.05, 4.69) is 54.2 Å². The SMILES string of the molecule is CC(C)(C)NCCCCCCc1ccc(Br)s1. The van der Waals surface area contributed by atoms with E-state index >= 15 is 0 Å². The first-order valence-corrected chi connectivity index (χ1v) is 8.07. The minimum Gasteiger partial charge on any atom is -0.312 e. The maximum atomic E-state index is 3.53. The fraction of sp³-hybridized carbons (Fsp3) is 0.714. The molecule has 1 N–H and O–H groups in total. The van der Waals surface area contributed by atoms with Gasteiger partial charge in [-0.25, -0.2) is 0 Å². The number of nitrogens with one attached hydrogen (secondary N) is 1. The van der Waals surface area contributed by atoms with Crippen molar-refractivity contribution < 1.29 is 0 Å². The minimum absolute atomic E-state index is 0.267. The molecule has 1 heterocycles. The zero-order chi connectivity index (χ0) is 12.7. The molecule has 0 saturated heterocycles. The van der Waals surface area contributed by atoms with Gasteiger partial charge in [0.05, 0.1) is 3.79 Å². The van der Waals surface area contributed by atoms with Gasteiger partial charge >= 0.3 is 0 Å². The largest absolute Gasteiger partial charge is 0.312 e. The highest BCUT2D eigenvalue weighted by Gasteiger charge is 2.06. The summed E-state index contributed by atoms with van der Waals surface area (Å²) in [5, 5.41) is 3.53. The van der Waals surface area contributed by atoms with E-state index in [0.717, 1.165) is 6.54 Å². The molecular formula is C14H24BrNS. The number of halogens is 1. The normalized spacial score (nSPS) is 12.0. The third-order valence-corrected chi connectivity index (χ3v) is 4.32. The second-order valence-corrected chi connectivity index (χ2v) is 8.09. The minimum atomic E-state index is 0.267. The molecule has 0 aromatic carbocycles. The number of hydrogen-bond acceptors (Lipinski definition) is 2. The van der Waals surface area contributed by atoms with Crippen molar-refractivity contribution in [2.24, 2.45) is 0 Å². The summed E-state index contributed by atoms with van der Waals surface area (Å²) in [6.07, 6.45) is 6.55. The number of aryl methyl sites for hydroxylation is 1. The van der Waals surface area contributed by atoms with Gasteiger partial charge in [0.2, 0.25) is 0 Å². The first kappa shape index (κ1) is 15.2. The van der Waals surface area contributed by atoms with Crippen LogP contribution in [0.2, 0.25) is 0 Å². The van der Waals surface area contributed by atoms with Crippen molar-refractivity contribution in [3.05, 3.63) is 20.8 Å². The molecular weight excluding hydrogens is 294 g/mol. The summed E-state index contributed by atoms with van der Waals surface area (Å²) in [7, 11) is 0. The van der Waals surface area contributed by atoms with Gasteiger partial charge in [-0.1, -0.05) is 12.8 Å². The average molecular weight is 318 g/mol. The van der Waals surface area contributed by atoms with Crippen LogP contribution in [0.5, 0.6) is 0 Å². The van der Waals surface area contributed by atoms with E-state index in [1.807, 2.05) is 11.3 Å². The molecule has 0 aliphatic heterocycles. The van der Waals surface area contributed by atoms with Crippen molar-refractivity contribution in [2.45, 2.75) is 58.4 Å². The van der Waals surface area contributed by atoms with Crippen molar-refractivity contribution in [1.29, 1.82) is 0 Å². The van der Waals surface area contributed by atoms with Gasteiger partial charge in [0.25, 0.3) is 0 Å². The maximum Gasteiger partial charge on any atom is 0.0701 e. The van der Waals surface area contributed by atoms with Gasteiger partial charge < -0.3 is 5.32 Å². The Morgan fingerprint density at radius 1 is 1.12 bits per heavy atom. The Balaban J connectivity index is 1.95. The molecule has 0 spiro atoms. The van der Waals surface area contributed by atoms with Crippen LogP contribution in [0.1, 0.15) is 51.3 Å². The zero-order valence-corrected chi connectivity index (χ0v) is 13.6. The smallest absolute Gasteiger partial charge is 0.0701 e. The van der Waals surface area contributed by atoms with Gasteiger partial charge in [-0.2, -0.15) is 0 Å². The molecule has 1 rings (SSSR count). The number of unbranched alkanes of at least 4 members (excludes halogenated alkanes) is 3. The molecule has 17 heavy (non-hydrogen) atoms. The van der Waals surface area contributed by atoms with Crippen LogP contribution in [-0.4, -0.2) is 12.1 Å².